The lowest BCUT2D eigenvalue weighted by Crippen LogP contribution is -2.13. The maximum atomic E-state index is 12.0. The van der Waals surface area contributed by atoms with Gasteiger partial charge in [-0.3, -0.25) is 4.79 Å². The highest BCUT2D eigenvalue weighted by Crippen LogP contribution is 2.16. The van der Waals surface area contributed by atoms with E-state index in [1.54, 1.807) is 0 Å². The molecule has 0 atom stereocenters. The average molecular weight is 287 g/mol. The molecule has 1 aromatic carbocycles. The fourth-order valence-corrected chi connectivity index (χ4v) is 1.99. The molecule has 0 fully saturated rings. The van der Waals surface area contributed by atoms with Crippen LogP contribution >= 0.6 is 0 Å². The number of anilines is 1. The van der Waals surface area contributed by atoms with Gasteiger partial charge in [0.25, 0.3) is 0 Å². The van der Waals surface area contributed by atoms with Crippen LogP contribution in [0.15, 0.2) is 28.8 Å². The summed E-state index contributed by atoms with van der Waals surface area (Å²) in [6.45, 7) is 6.07. The first-order valence-corrected chi connectivity index (χ1v) is 7.30. The average Bonchev–Trinajstić information content (AvgIpc) is 2.95. The van der Waals surface area contributed by atoms with Crippen LogP contribution in [0.4, 0.5) is 5.69 Å². The van der Waals surface area contributed by atoms with E-state index in [-0.39, 0.29) is 11.8 Å². The van der Waals surface area contributed by atoms with Crippen molar-refractivity contribution < 1.29 is 9.32 Å². The number of hydrogen-bond donors (Lipinski definition) is 1. The number of carbonyl (C=O) groups is 1. The van der Waals surface area contributed by atoms with E-state index in [0.717, 1.165) is 17.7 Å². The lowest BCUT2D eigenvalue weighted by molar-refractivity contribution is -0.116. The minimum absolute atomic E-state index is 0.0415. The third kappa shape index (κ3) is 4.15. The van der Waals surface area contributed by atoms with Crippen LogP contribution in [0, 0.1) is 0 Å². The number of para-hydroxylation sites is 1. The van der Waals surface area contributed by atoms with E-state index in [4.69, 9.17) is 4.52 Å². The monoisotopic (exact) mass is 287 g/mol. The molecule has 0 spiro atoms. The molecule has 0 bridgehead atoms. The summed E-state index contributed by atoms with van der Waals surface area (Å²) in [7, 11) is 0. The summed E-state index contributed by atoms with van der Waals surface area (Å²) in [5.41, 5.74) is 2.00. The van der Waals surface area contributed by atoms with Gasteiger partial charge >= 0.3 is 0 Å². The largest absolute Gasteiger partial charge is 0.339 e. The zero-order chi connectivity index (χ0) is 15.2. The standard InChI is InChI=1S/C16H21N3O2/c1-4-12-7-5-6-8-13(12)17-14(20)9-10-15-18-16(11(2)3)19-21-15/h5-8,11H,4,9-10H2,1-3H3,(H,17,20). The van der Waals surface area contributed by atoms with Crippen molar-refractivity contribution in [3.63, 3.8) is 0 Å². The van der Waals surface area contributed by atoms with E-state index in [0.29, 0.717) is 24.6 Å². The quantitative estimate of drug-likeness (QED) is 0.885. The molecule has 0 aliphatic carbocycles. The van der Waals surface area contributed by atoms with Crippen molar-refractivity contribution in [1.82, 2.24) is 10.1 Å². The number of rotatable bonds is 6. The van der Waals surface area contributed by atoms with Gasteiger partial charge in [-0.2, -0.15) is 4.98 Å². The number of nitrogens with zero attached hydrogens (tertiary/aromatic N) is 2. The molecule has 0 radical (unpaired) electrons. The van der Waals surface area contributed by atoms with Gasteiger partial charge in [-0.1, -0.05) is 44.1 Å². The maximum Gasteiger partial charge on any atom is 0.227 e. The minimum Gasteiger partial charge on any atom is -0.339 e. The predicted octanol–water partition coefficient (Wildman–Crippen LogP) is 3.33. The third-order valence-corrected chi connectivity index (χ3v) is 3.24. The van der Waals surface area contributed by atoms with Crippen LogP contribution in [-0.4, -0.2) is 16.0 Å². The number of aromatic nitrogens is 2. The summed E-state index contributed by atoms with van der Waals surface area (Å²) < 4.78 is 5.13. The molecule has 112 valence electrons. The molecule has 21 heavy (non-hydrogen) atoms. The molecule has 0 aliphatic rings. The van der Waals surface area contributed by atoms with Crippen LogP contribution in [0.1, 0.15) is 50.4 Å². The van der Waals surface area contributed by atoms with Crippen molar-refractivity contribution in [2.75, 3.05) is 5.32 Å². The van der Waals surface area contributed by atoms with Crippen LogP contribution in [-0.2, 0) is 17.6 Å². The number of carbonyl (C=O) groups excluding carboxylic acids is 1. The van der Waals surface area contributed by atoms with E-state index >= 15 is 0 Å². The summed E-state index contributed by atoms with van der Waals surface area (Å²) in [5, 5.41) is 6.82. The number of nitrogens with one attached hydrogen (secondary N) is 1. The van der Waals surface area contributed by atoms with Crippen LogP contribution in [0.5, 0.6) is 0 Å². The molecule has 1 N–H and O–H groups in total. The number of hydrogen-bond acceptors (Lipinski definition) is 4. The van der Waals surface area contributed by atoms with Gasteiger partial charge in [-0.15, -0.1) is 0 Å². The highest BCUT2D eigenvalue weighted by Gasteiger charge is 2.12. The highest BCUT2D eigenvalue weighted by molar-refractivity contribution is 5.91. The van der Waals surface area contributed by atoms with Gasteiger partial charge in [0.05, 0.1) is 0 Å². The Morgan fingerprint density at radius 3 is 2.76 bits per heavy atom. The Balaban J connectivity index is 1.89. The summed E-state index contributed by atoms with van der Waals surface area (Å²) in [4.78, 5) is 16.3. The highest BCUT2D eigenvalue weighted by atomic mass is 16.5. The summed E-state index contributed by atoms with van der Waals surface area (Å²) in [6, 6.07) is 7.82. The van der Waals surface area contributed by atoms with Crippen LogP contribution in [0.3, 0.4) is 0 Å². The topological polar surface area (TPSA) is 68.0 Å². The van der Waals surface area contributed by atoms with Gasteiger partial charge in [0.1, 0.15) is 0 Å². The third-order valence-electron chi connectivity index (χ3n) is 3.24. The summed E-state index contributed by atoms with van der Waals surface area (Å²) in [6.07, 6.45) is 1.68. The zero-order valence-electron chi connectivity index (χ0n) is 12.7. The molecule has 2 rings (SSSR count). The second kappa shape index (κ2) is 7.02. The first kappa shape index (κ1) is 15.2. The normalized spacial score (nSPS) is 10.9. The van der Waals surface area contributed by atoms with Gasteiger partial charge < -0.3 is 9.84 Å². The van der Waals surface area contributed by atoms with Gasteiger partial charge in [0.2, 0.25) is 11.8 Å². The Bertz CT molecular complexity index is 605. The predicted molar refractivity (Wildman–Crippen MR) is 81.2 cm³/mol. The Kier molecular flexibility index (Phi) is 5.09. The van der Waals surface area contributed by atoms with Crippen LogP contribution in [0.2, 0.25) is 0 Å². The summed E-state index contributed by atoms with van der Waals surface area (Å²) >= 11 is 0. The molecule has 1 heterocycles. The van der Waals surface area contributed by atoms with E-state index in [1.807, 2.05) is 38.1 Å². The van der Waals surface area contributed by atoms with Crippen molar-refractivity contribution >= 4 is 11.6 Å². The van der Waals surface area contributed by atoms with Crippen LogP contribution < -0.4 is 5.32 Å². The molecule has 0 unspecified atom stereocenters. The van der Waals surface area contributed by atoms with Crippen molar-refractivity contribution in [3.05, 3.63) is 41.5 Å². The lowest BCUT2D eigenvalue weighted by atomic mass is 10.1. The molecule has 0 saturated carbocycles. The van der Waals surface area contributed by atoms with Gasteiger partial charge in [-0.25, -0.2) is 0 Å². The number of amides is 1. The molecule has 5 nitrogen and oxygen atoms in total. The first-order valence-electron chi connectivity index (χ1n) is 7.30. The summed E-state index contributed by atoms with van der Waals surface area (Å²) in [5.74, 6) is 1.38. The Labute approximate surface area is 124 Å². The smallest absolute Gasteiger partial charge is 0.227 e. The van der Waals surface area contributed by atoms with Crippen molar-refractivity contribution in [3.8, 4) is 0 Å². The van der Waals surface area contributed by atoms with Gasteiger partial charge in [-0.05, 0) is 18.1 Å². The van der Waals surface area contributed by atoms with Crippen molar-refractivity contribution in [2.45, 2.75) is 46.0 Å². The fourth-order valence-electron chi connectivity index (χ4n) is 1.99. The second-order valence-electron chi connectivity index (χ2n) is 5.26. The Morgan fingerprint density at radius 1 is 1.33 bits per heavy atom. The number of benzene rings is 1. The van der Waals surface area contributed by atoms with Crippen LogP contribution in [0.25, 0.3) is 0 Å². The van der Waals surface area contributed by atoms with E-state index in [9.17, 15) is 4.79 Å². The van der Waals surface area contributed by atoms with E-state index < -0.39 is 0 Å². The molecule has 1 amide bonds. The second-order valence-corrected chi connectivity index (χ2v) is 5.26. The lowest BCUT2D eigenvalue weighted by Gasteiger charge is -2.08. The SMILES string of the molecule is CCc1ccccc1NC(=O)CCc1nc(C(C)C)no1. The number of aryl methyl sites for hydroxylation is 2. The van der Waals surface area contributed by atoms with E-state index in [2.05, 4.69) is 22.4 Å². The van der Waals surface area contributed by atoms with Gasteiger partial charge in [0, 0.05) is 24.4 Å². The molecule has 0 aliphatic heterocycles. The molecule has 0 saturated heterocycles. The van der Waals surface area contributed by atoms with Crippen molar-refractivity contribution in [1.29, 1.82) is 0 Å². The Morgan fingerprint density at radius 2 is 2.10 bits per heavy atom. The first-order chi connectivity index (χ1) is 10.1. The maximum absolute atomic E-state index is 12.0. The fraction of sp³-hybridized carbons (Fsp3) is 0.438. The molecular formula is C16H21N3O2. The molecular weight excluding hydrogens is 266 g/mol. The van der Waals surface area contributed by atoms with Gasteiger partial charge in [0.15, 0.2) is 5.82 Å². The molecule has 1 aromatic heterocycles. The minimum atomic E-state index is -0.0415. The molecule has 2 aromatic rings. The van der Waals surface area contributed by atoms with E-state index in [1.165, 1.54) is 0 Å². The molecule has 5 heteroatoms. The van der Waals surface area contributed by atoms with Crippen molar-refractivity contribution in [2.24, 2.45) is 0 Å². The Hall–Kier alpha value is -2.17. The zero-order valence-corrected chi connectivity index (χ0v) is 12.7.